The Morgan fingerprint density at radius 2 is 1.76 bits per heavy atom. The zero-order valence-electron chi connectivity index (χ0n) is 19.3. The van der Waals surface area contributed by atoms with E-state index in [-0.39, 0.29) is 35.6 Å². The Bertz CT molecular complexity index is 503. The molecule has 29 heavy (non-hydrogen) atoms. The first kappa shape index (κ1) is 28.2. The average molecular weight is 527 g/mol. The molecule has 0 unspecified atom stereocenters. The van der Waals surface area contributed by atoms with E-state index < -0.39 is 5.60 Å². The van der Waals surface area contributed by atoms with Gasteiger partial charge in [0.2, 0.25) is 0 Å². The number of nitrogens with zero attached hydrogens (tertiary/aromatic N) is 3. The minimum Gasteiger partial charge on any atom is -0.444 e. The zero-order chi connectivity index (χ0) is 21.2. The molecule has 0 spiro atoms. The number of rotatable bonds is 8. The van der Waals surface area contributed by atoms with Crippen LogP contribution in [-0.2, 0) is 9.47 Å². The fourth-order valence-corrected chi connectivity index (χ4v) is 3.00. The molecule has 1 amide bonds. The number of aliphatic imine (C=N–C) groups is 1. The van der Waals surface area contributed by atoms with Crippen LogP contribution < -0.4 is 10.6 Å². The summed E-state index contributed by atoms with van der Waals surface area (Å²) in [5.41, 5.74) is -0.481. The number of halogens is 1. The third-order valence-electron chi connectivity index (χ3n) is 4.60. The van der Waals surface area contributed by atoms with Crippen LogP contribution in [0.3, 0.4) is 0 Å². The number of morpholine rings is 1. The maximum absolute atomic E-state index is 12.3. The van der Waals surface area contributed by atoms with Crippen LogP contribution in [0.2, 0.25) is 0 Å². The number of carbonyl (C=O) groups excluding carboxylic acids is 1. The highest BCUT2D eigenvalue weighted by Gasteiger charge is 2.28. The Morgan fingerprint density at radius 3 is 2.28 bits per heavy atom. The largest absolute Gasteiger partial charge is 0.444 e. The van der Waals surface area contributed by atoms with Gasteiger partial charge in [0.05, 0.1) is 13.2 Å². The predicted molar refractivity (Wildman–Crippen MR) is 129 cm³/mol. The normalized spacial score (nSPS) is 16.0. The summed E-state index contributed by atoms with van der Waals surface area (Å²) in [6.07, 6.45) is 0.618. The highest BCUT2D eigenvalue weighted by molar-refractivity contribution is 14.0. The molecular weight excluding hydrogens is 485 g/mol. The standard InChI is InChI=1S/C20H41N5O3.HI/c1-8-10-24(18(26)28-19(2,3)4)11-9-22-17(21-7)23-16-20(5,6)25-12-14-27-15-13-25;/h8-16H2,1-7H3,(H2,21,22,23);1H. The fraction of sp³-hybridized carbons (Fsp3) is 0.900. The van der Waals surface area contributed by atoms with Gasteiger partial charge in [-0.3, -0.25) is 9.89 Å². The Labute approximate surface area is 194 Å². The summed E-state index contributed by atoms with van der Waals surface area (Å²) in [5, 5.41) is 6.70. The third kappa shape index (κ3) is 11.2. The number of carbonyl (C=O) groups is 1. The summed E-state index contributed by atoms with van der Waals surface area (Å²) in [6.45, 7) is 18.2. The van der Waals surface area contributed by atoms with Crippen molar-refractivity contribution < 1.29 is 14.3 Å². The van der Waals surface area contributed by atoms with E-state index in [1.54, 1.807) is 11.9 Å². The van der Waals surface area contributed by atoms with E-state index in [1.165, 1.54) is 0 Å². The molecule has 0 aliphatic carbocycles. The van der Waals surface area contributed by atoms with Crippen LogP contribution in [0.1, 0.15) is 48.0 Å². The second kappa shape index (κ2) is 13.5. The van der Waals surface area contributed by atoms with Gasteiger partial charge in [-0.25, -0.2) is 4.79 Å². The van der Waals surface area contributed by atoms with Crippen LogP contribution in [0.15, 0.2) is 4.99 Å². The lowest BCUT2D eigenvalue weighted by molar-refractivity contribution is -0.00834. The molecule has 1 aliphatic rings. The van der Waals surface area contributed by atoms with Gasteiger partial charge in [0.1, 0.15) is 5.60 Å². The van der Waals surface area contributed by atoms with Gasteiger partial charge >= 0.3 is 6.09 Å². The maximum atomic E-state index is 12.3. The van der Waals surface area contributed by atoms with Crippen LogP contribution in [-0.4, -0.2) is 92.5 Å². The lowest BCUT2D eigenvalue weighted by atomic mass is 10.0. The summed E-state index contributed by atoms with van der Waals surface area (Å²) < 4.78 is 10.9. The van der Waals surface area contributed by atoms with Crippen LogP contribution in [0.5, 0.6) is 0 Å². The molecule has 1 fully saturated rings. The highest BCUT2D eigenvalue weighted by atomic mass is 127. The molecule has 172 valence electrons. The number of guanidine groups is 1. The van der Waals surface area contributed by atoms with Crippen molar-refractivity contribution in [3.63, 3.8) is 0 Å². The van der Waals surface area contributed by atoms with Crippen LogP contribution >= 0.6 is 24.0 Å². The SMILES string of the molecule is CCCN(CCNC(=NC)NCC(C)(C)N1CCOCC1)C(=O)OC(C)(C)C.I. The average Bonchev–Trinajstić information content (AvgIpc) is 2.63. The first-order valence-corrected chi connectivity index (χ1v) is 10.3. The molecular formula is C20H42IN5O3. The van der Waals surface area contributed by atoms with Crippen molar-refractivity contribution in [3.05, 3.63) is 0 Å². The molecule has 0 aromatic heterocycles. The lowest BCUT2D eigenvalue weighted by Gasteiger charge is -2.41. The van der Waals surface area contributed by atoms with Crippen molar-refractivity contribution >= 4 is 36.0 Å². The molecule has 1 aliphatic heterocycles. The van der Waals surface area contributed by atoms with Gasteiger partial charge in [-0.05, 0) is 41.0 Å². The summed E-state index contributed by atoms with van der Waals surface area (Å²) in [4.78, 5) is 20.8. The van der Waals surface area contributed by atoms with E-state index in [1.807, 2.05) is 20.8 Å². The van der Waals surface area contributed by atoms with E-state index >= 15 is 0 Å². The van der Waals surface area contributed by atoms with E-state index in [9.17, 15) is 4.79 Å². The summed E-state index contributed by atoms with van der Waals surface area (Å²) in [5.74, 6) is 0.738. The number of hydrogen-bond acceptors (Lipinski definition) is 5. The van der Waals surface area contributed by atoms with Crippen molar-refractivity contribution in [2.75, 3.05) is 59.5 Å². The summed E-state index contributed by atoms with van der Waals surface area (Å²) in [7, 11) is 1.76. The molecule has 0 bridgehead atoms. The van der Waals surface area contributed by atoms with Gasteiger partial charge in [0.25, 0.3) is 0 Å². The van der Waals surface area contributed by atoms with Crippen molar-refractivity contribution in [1.29, 1.82) is 0 Å². The Kier molecular flexibility index (Phi) is 13.1. The lowest BCUT2D eigenvalue weighted by Crippen LogP contribution is -2.56. The molecule has 9 heteroatoms. The predicted octanol–water partition coefficient (Wildman–Crippen LogP) is 2.53. The molecule has 1 rings (SSSR count). The highest BCUT2D eigenvalue weighted by Crippen LogP contribution is 2.15. The summed E-state index contributed by atoms with van der Waals surface area (Å²) >= 11 is 0. The quantitative estimate of drug-likeness (QED) is 0.287. The van der Waals surface area contributed by atoms with Crippen LogP contribution in [0, 0.1) is 0 Å². The topological polar surface area (TPSA) is 78.4 Å². The summed E-state index contributed by atoms with van der Waals surface area (Å²) in [6, 6.07) is 0. The fourth-order valence-electron chi connectivity index (χ4n) is 3.00. The first-order chi connectivity index (χ1) is 13.1. The minimum atomic E-state index is -0.487. The molecule has 0 aromatic carbocycles. The number of ether oxygens (including phenoxy) is 2. The smallest absolute Gasteiger partial charge is 0.410 e. The van der Waals surface area contributed by atoms with Crippen molar-refractivity contribution in [2.45, 2.75) is 59.1 Å². The second-order valence-corrected chi connectivity index (χ2v) is 8.73. The Balaban J connectivity index is 0.00000784. The van der Waals surface area contributed by atoms with E-state index in [0.717, 1.165) is 45.2 Å². The molecule has 2 N–H and O–H groups in total. The molecule has 0 aromatic rings. The van der Waals surface area contributed by atoms with Crippen LogP contribution in [0.4, 0.5) is 4.79 Å². The van der Waals surface area contributed by atoms with Gasteiger partial charge in [-0.2, -0.15) is 0 Å². The van der Waals surface area contributed by atoms with Gasteiger partial charge < -0.3 is 25.0 Å². The van der Waals surface area contributed by atoms with Crippen molar-refractivity contribution in [3.8, 4) is 0 Å². The van der Waals surface area contributed by atoms with Gasteiger partial charge in [-0.1, -0.05) is 6.92 Å². The monoisotopic (exact) mass is 527 g/mol. The number of amides is 1. The number of hydrogen-bond donors (Lipinski definition) is 2. The first-order valence-electron chi connectivity index (χ1n) is 10.3. The van der Waals surface area contributed by atoms with Gasteiger partial charge in [0, 0.05) is 51.9 Å². The Morgan fingerprint density at radius 1 is 1.14 bits per heavy atom. The molecule has 1 saturated heterocycles. The van der Waals surface area contributed by atoms with Gasteiger partial charge in [-0.15, -0.1) is 24.0 Å². The maximum Gasteiger partial charge on any atom is 0.410 e. The second-order valence-electron chi connectivity index (χ2n) is 8.73. The molecule has 8 nitrogen and oxygen atoms in total. The Hall–Kier alpha value is -0.810. The van der Waals surface area contributed by atoms with Crippen molar-refractivity contribution in [1.82, 2.24) is 20.4 Å². The molecule has 1 heterocycles. The number of nitrogens with one attached hydrogen (secondary N) is 2. The van der Waals surface area contributed by atoms with Gasteiger partial charge in [0.15, 0.2) is 5.96 Å². The van der Waals surface area contributed by atoms with E-state index in [0.29, 0.717) is 19.6 Å². The minimum absolute atomic E-state index is 0. The van der Waals surface area contributed by atoms with Crippen LogP contribution in [0.25, 0.3) is 0 Å². The van der Waals surface area contributed by atoms with E-state index in [2.05, 4.69) is 41.3 Å². The van der Waals surface area contributed by atoms with E-state index in [4.69, 9.17) is 9.47 Å². The molecule has 0 radical (unpaired) electrons. The molecule has 0 atom stereocenters. The van der Waals surface area contributed by atoms with Crippen molar-refractivity contribution in [2.24, 2.45) is 4.99 Å². The zero-order valence-corrected chi connectivity index (χ0v) is 21.7. The molecule has 0 saturated carbocycles. The third-order valence-corrected chi connectivity index (χ3v) is 4.60.